The number of aromatic amines is 3. The molecule has 15 heteroatoms. The molecule has 1 amide bonds. The maximum atomic E-state index is 14.9. The number of aromatic nitrogens is 9. The predicted molar refractivity (Wildman–Crippen MR) is 142 cm³/mol. The second-order valence-corrected chi connectivity index (χ2v) is 8.80. The molecule has 0 saturated carbocycles. The molecule has 2 aromatic carbocycles. The highest BCUT2D eigenvalue weighted by Gasteiger charge is 2.22. The molecule has 0 atom stereocenters. The molecule has 0 fully saturated rings. The number of aryl methyl sites for hydroxylation is 2. The van der Waals surface area contributed by atoms with Crippen LogP contribution in [0.4, 0.5) is 14.9 Å². The van der Waals surface area contributed by atoms with E-state index in [1.165, 1.54) is 16.8 Å². The molecule has 0 aliphatic carbocycles. The molecule has 40 heavy (non-hydrogen) atoms. The number of hydrogen-bond donors (Lipinski definition) is 4. The summed E-state index contributed by atoms with van der Waals surface area (Å²) in [7, 11) is 0. The van der Waals surface area contributed by atoms with Gasteiger partial charge in [-0.3, -0.25) is 9.89 Å². The van der Waals surface area contributed by atoms with Crippen LogP contribution < -0.4 is 22.3 Å². The number of H-pyrrole nitrogens is 3. The van der Waals surface area contributed by atoms with Gasteiger partial charge < -0.3 is 14.9 Å². The first-order chi connectivity index (χ1) is 19.2. The first kappa shape index (κ1) is 24.5. The number of fused-ring (bicyclic) bond motifs is 1. The van der Waals surface area contributed by atoms with E-state index >= 15 is 0 Å². The number of hydrogen-bond acceptors (Lipinski definition) is 7. The van der Waals surface area contributed by atoms with Gasteiger partial charge in [0.15, 0.2) is 11.3 Å². The quantitative estimate of drug-likeness (QED) is 0.263. The van der Waals surface area contributed by atoms with Gasteiger partial charge in [-0.25, -0.2) is 33.5 Å². The predicted octanol–water partition coefficient (Wildman–Crippen LogP) is 1.98. The summed E-state index contributed by atoms with van der Waals surface area (Å²) in [5.41, 5.74) is -1.03. The Hall–Kier alpha value is -5.86. The molecule has 0 aliphatic rings. The van der Waals surface area contributed by atoms with Crippen LogP contribution in [0.25, 0.3) is 33.8 Å². The van der Waals surface area contributed by atoms with Crippen LogP contribution >= 0.6 is 0 Å². The van der Waals surface area contributed by atoms with Gasteiger partial charge in [0, 0.05) is 29.7 Å². The summed E-state index contributed by atoms with van der Waals surface area (Å²) in [6.07, 6.45) is 3.23. The van der Waals surface area contributed by atoms with E-state index in [0.717, 1.165) is 0 Å². The molecule has 0 radical (unpaired) electrons. The lowest BCUT2D eigenvalue weighted by Crippen LogP contribution is -2.42. The highest BCUT2D eigenvalue weighted by molar-refractivity contribution is 5.92. The Morgan fingerprint density at radius 2 is 1.85 bits per heavy atom. The van der Waals surface area contributed by atoms with Crippen LogP contribution in [0.3, 0.4) is 0 Å². The lowest BCUT2D eigenvalue weighted by atomic mass is 10.2. The maximum Gasteiger partial charge on any atom is 0.361 e. The van der Waals surface area contributed by atoms with E-state index in [2.05, 4.69) is 35.6 Å². The van der Waals surface area contributed by atoms with Crippen LogP contribution in [-0.2, 0) is 0 Å². The Morgan fingerprint density at radius 1 is 1.02 bits per heavy atom. The normalized spacial score (nSPS) is 11.3. The van der Waals surface area contributed by atoms with Crippen LogP contribution in [0.1, 0.15) is 11.5 Å². The Morgan fingerprint density at radius 3 is 2.55 bits per heavy atom. The minimum Gasteiger partial charge on any atom is -0.304 e. The van der Waals surface area contributed by atoms with Crippen molar-refractivity contribution in [2.24, 2.45) is 0 Å². The third kappa shape index (κ3) is 4.01. The fourth-order valence-corrected chi connectivity index (χ4v) is 4.38. The number of benzene rings is 2. The van der Waals surface area contributed by atoms with Gasteiger partial charge in [0.05, 0.1) is 22.6 Å². The molecule has 4 heterocycles. The fourth-order valence-electron chi connectivity index (χ4n) is 4.38. The minimum atomic E-state index is -1.16. The SMILES string of the molecule is Cc1nn(-c2cccc(-c3nc(=O)[nH][nH]3)c2)c2c(=O)n(C(=O)Nc3ccc(-n4ccnc4C)cc3F)c(=O)[nH]c12. The number of nitrogens with one attached hydrogen (secondary N) is 4. The molecular weight excluding hydrogens is 523 g/mol. The summed E-state index contributed by atoms with van der Waals surface area (Å²) in [5, 5.41) is 11.7. The lowest BCUT2D eigenvalue weighted by Gasteiger charge is -2.11. The molecule has 4 aromatic heterocycles. The second-order valence-electron chi connectivity index (χ2n) is 8.80. The van der Waals surface area contributed by atoms with E-state index < -0.39 is 28.8 Å². The van der Waals surface area contributed by atoms with E-state index in [4.69, 9.17) is 0 Å². The van der Waals surface area contributed by atoms with Crippen molar-refractivity contribution < 1.29 is 9.18 Å². The van der Waals surface area contributed by atoms with Gasteiger partial charge in [0.1, 0.15) is 11.6 Å². The third-order valence-electron chi connectivity index (χ3n) is 6.27. The summed E-state index contributed by atoms with van der Waals surface area (Å²) < 4.78 is 18.2. The molecule has 6 aromatic rings. The smallest absolute Gasteiger partial charge is 0.304 e. The largest absolute Gasteiger partial charge is 0.361 e. The van der Waals surface area contributed by atoms with Crippen LogP contribution in [0.2, 0.25) is 0 Å². The Bertz CT molecular complexity index is 2130. The van der Waals surface area contributed by atoms with E-state index in [1.807, 2.05) is 0 Å². The number of nitrogens with zero attached hydrogens (tertiary/aromatic N) is 6. The van der Waals surface area contributed by atoms with Gasteiger partial charge in [-0.1, -0.05) is 12.1 Å². The van der Waals surface area contributed by atoms with E-state index in [0.29, 0.717) is 33.0 Å². The van der Waals surface area contributed by atoms with Gasteiger partial charge in [-0.15, -0.1) is 0 Å². The number of rotatable bonds is 4. The second kappa shape index (κ2) is 9.16. The minimum absolute atomic E-state index is 0.0914. The van der Waals surface area contributed by atoms with Gasteiger partial charge in [0.25, 0.3) is 5.56 Å². The summed E-state index contributed by atoms with van der Waals surface area (Å²) in [5.74, 6) is 0.123. The number of amides is 1. The number of carbonyl (C=O) groups excluding carboxylic acids is 1. The molecule has 6 rings (SSSR count). The summed E-state index contributed by atoms with van der Waals surface area (Å²) in [4.78, 5) is 61.3. The molecule has 14 nitrogen and oxygen atoms in total. The topological polar surface area (TPSA) is 181 Å². The van der Waals surface area contributed by atoms with Gasteiger partial charge in [-0.2, -0.15) is 14.6 Å². The van der Waals surface area contributed by atoms with E-state index in [9.17, 15) is 23.6 Å². The molecule has 0 spiro atoms. The highest BCUT2D eigenvalue weighted by atomic mass is 19.1. The van der Waals surface area contributed by atoms with Crippen molar-refractivity contribution in [1.82, 2.24) is 44.1 Å². The standard InChI is InChI=1S/C25H19FN10O4/c1-12-19-20(36(33-12)16-5-3-4-14(10-16)21-30-23(38)32-31-21)22(37)35(25(40)29-19)24(39)28-18-7-6-15(11-17(18)26)34-9-8-27-13(34)2/h3-11H,1-2H3,(H,28,39)(H,29,40)(H2,30,31,32,38). The number of imidazole rings is 1. The van der Waals surface area contributed by atoms with Gasteiger partial charge in [-0.05, 0) is 38.1 Å². The van der Waals surface area contributed by atoms with Gasteiger partial charge >= 0.3 is 17.4 Å². The van der Waals surface area contributed by atoms with E-state index in [1.54, 1.807) is 61.1 Å². The van der Waals surface area contributed by atoms with Crippen molar-refractivity contribution in [2.45, 2.75) is 13.8 Å². The van der Waals surface area contributed by atoms with Crippen LogP contribution in [-0.4, -0.2) is 50.1 Å². The molecule has 0 saturated heterocycles. The Labute approximate surface area is 221 Å². The van der Waals surface area contributed by atoms with Crippen LogP contribution in [0.15, 0.2) is 69.2 Å². The van der Waals surface area contributed by atoms with Crippen molar-refractivity contribution in [1.29, 1.82) is 0 Å². The van der Waals surface area contributed by atoms with Crippen molar-refractivity contribution in [3.8, 4) is 22.8 Å². The molecule has 0 aliphatic heterocycles. The molecule has 0 unspecified atom stereocenters. The summed E-state index contributed by atoms with van der Waals surface area (Å²) in [6.45, 7) is 3.34. The monoisotopic (exact) mass is 542 g/mol. The molecule has 4 N–H and O–H groups in total. The molecular formula is C25H19FN10O4. The average molecular weight is 542 g/mol. The summed E-state index contributed by atoms with van der Waals surface area (Å²) in [6, 6.07) is 9.52. The number of halogens is 1. The fraction of sp³-hybridized carbons (Fsp3) is 0.0800. The van der Waals surface area contributed by atoms with Crippen LogP contribution in [0, 0.1) is 19.7 Å². The van der Waals surface area contributed by atoms with E-state index in [-0.39, 0.29) is 22.5 Å². The Kier molecular flexibility index (Phi) is 5.60. The maximum absolute atomic E-state index is 14.9. The van der Waals surface area contributed by atoms with Crippen LogP contribution in [0.5, 0.6) is 0 Å². The van der Waals surface area contributed by atoms with Crippen molar-refractivity contribution in [3.05, 3.63) is 104 Å². The first-order valence-corrected chi connectivity index (χ1v) is 11.8. The zero-order chi connectivity index (χ0) is 28.1. The Balaban J connectivity index is 1.41. The zero-order valence-electron chi connectivity index (χ0n) is 20.9. The zero-order valence-corrected chi connectivity index (χ0v) is 20.9. The number of anilines is 1. The van der Waals surface area contributed by atoms with Crippen molar-refractivity contribution >= 4 is 22.8 Å². The third-order valence-corrected chi connectivity index (χ3v) is 6.27. The first-order valence-electron chi connectivity index (χ1n) is 11.8. The van der Waals surface area contributed by atoms with Crippen molar-refractivity contribution in [2.75, 3.05) is 5.32 Å². The molecule has 200 valence electrons. The highest BCUT2D eigenvalue weighted by Crippen LogP contribution is 2.22. The lowest BCUT2D eigenvalue weighted by molar-refractivity contribution is 0.252. The van der Waals surface area contributed by atoms with Gasteiger partial charge in [0.2, 0.25) is 0 Å². The number of carbonyl (C=O) groups is 1. The average Bonchev–Trinajstić information content (AvgIpc) is 3.64. The summed E-state index contributed by atoms with van der Waals surface area (Å²) >= 11 is 0. The van der Waals surface area contributed by atoms with Crippen molar-refractivity contribution in [3.63, 3.8) is 0 Å². The molecule has 0 bridgehead atoms.